The van der Waals surface area contributed by atoms with Gasteiger partial charge in [0.25, 0.3) is 15.9 Å². The van der Waals surface area contributed by atoms with E-state index in [-0.39, 0.29) is 29.3 Å². The van der Waals surface area contributed by atoms with Crippen molar-refractivity contribution in [1.29, 1.82) is 0 Å². The summed E-state index contributed by atoms with van der Waals surface area (Å²) in [6.45, 7) is 1.32. The molecule has 6 nitrogen and oxygen atoms in total. The number of rotatable bonds is 8. The molecule has 8 heteroatoms. The van der Waals surface area contributed by atoms with Crippen LogP contribution >= 0.6 is 0 Å². The van der Waals surface area contributed by atoms with Crippen LogP contribution in [0.1, 0.15) is 28.8 Å². The molecule has 0 aromatic heterocycles. The van der Waals surface area contributed by atoms with E-state index in [9.17, 15) is 17.6 Å². The van der Waals surface area contributed by atoms with E-state index in [0.717, 1.165) is 12.8 Å². The van der Waals surface area contributed by atoms with Gasteiger partial charge in [-0.15, -0.1) is 0 Å². The summed E-state index contributed by atoms with van der Waals surface area (Å²) in [5, 5.41) is 0. The molecule has 1 fully saturated rings. The van der Waals surface area contributed by atoms with Gasteiger partial charge in [0.1, 0.15) is 5.82 Å². The van der Waals surface area contributed by atoms with E-state index >= 15 is 0 Å². The number of sulfonamides is 1. The Morgan fingerprint density at radius 3 is 2.45 bits per heavy atom. The minimum Gasteiger partial charge on any atom is -0.376 e. The molecule has 33 heavy (non-hydrogen) atoms. The molecule has 172 valence electrons. The quantitative estimate of drug-likeness (QED) is 0.530. The molecular weight excluding hydrogens is 443 g/mol. The van der Waals surface area contributed by atoms with Gasteiger partial charge in [0.15, 0.2) is 0 Å². The van der Waals surface area contributed by atoms with Gasteiger partial charge >= 0.3 is 0 Å². The molecule has 0 saturated carbocycles. The fraction of sp³-hybridized carbons (Fsp3) is 0.240. The summed E-state index contributed by atoms with van der Waals surface area (Å²) in [6, 6.07) is 20.5. The van der Waals surface area contributed by atoms with Crippen LogP contribution in [0.2, 0.25) is 0 Å². The standard InChI is InChI=1S/C25H25FN2O4S/c26-21-7-4-6-19(16-21)17-28(18-23-8-5-15-32-23)25(29)20-11-13-22(14-12-20)27-33(30,31)24-9-2-1-3-10-24/h1-4,6-7,9-14,16,23,27H,5,8,15,17-18H2. The van der Waals surface area contributed by atoms with Crippen LogP contribution in [0.5, 0.6) is 0 Å². The monoisotopic (exact) mass is 468 g/mol. The number of benzene rings is 3. The second-order valence-corrected chi connectivity index (χ2v) is 9.63. The molecular formula is C25H25FN2O4S. The van der Waals surface area contributed by atoms with E-state index in [1.54, 1.807) is 59.5 Å². The highest BCUT2D eigenvalue weighted by atomic mass is 32.2. The smallest absolute Gasteiger partial charge is 0.261 e. The van der Waals surface area contributed by atoms with Crippen molar-refractivity contribution in [1.82, 2.24) is 4.90 Å². The van der Waals surface area contributed by atoms with Crippen LogP contribution in [0.4, 0.5) is 10.1 Å². The van der Waals surface area contributed by atoms with Gasteiger partial charge in [-0.1, -0.05) is 30.3 Å². The van der Waals surface area contributed by atoms with Gasteiger partial charge in [0.2, 0.25) is 0 Å². The zero-order chi connectivity index (χ0) is 23.3. The lowest BCUT2D eigenvalue weighted by Crippen LogP contribution is -2.37. The predicted octanol–water partition coefficient (Wildman–Crippen LogP) is 4.45. The molecule has 1 heterocycles. The first-order valence-electron chi connectivity index (χ1n) is 10.7. The van der Waals surface area contributed by atoms with Crippen molar-refractivity contribution < 1.29 is 22.3 Å². The van der Waals surface area contributed by atoms with Crippen molar-refractivity contribution in [2.45, 2.75) is 30.4 Å². The maximum Gasteiger partial charge on any atom is 0.261 e. The number of carbonyl (C=O) groups is 1. The Morgan fingerprint density at radius 1 is 1.03 bits per heavy atom. The minimum absolute atomic E-state index is 0.0561. The second-order valence-electron chi connectivity index (χ2n) is 7.95. The van der Waals surface area contributed by atoms with Crippen molar-refractivity contribution in [2.24, 2.45) is 0 Å². The first-order valence-corrected chi connectivity index (χ1v) is 12.2. The van der Waals surface area contributed by atoms with Crippen LogP contribution < -0.4 is 4.72 Å². The van der Waals surface area contributed by atoms with E-state index in [1.807, 2.05) is 0 Å². The molecule has 1 amide bonds. The minimum atomic E-state index is -3.72. The molecule has 1 saturated heterocycles. The molecule has 1 N–H and O–H groups in total. The average Bonchev–Trinajstić information content (AvgIpc) is 3.32. The predicted molar refractivity (Wildman–Crippen MR) is 124 cm³/mol. The van der Waals surface area contributed by atoms with Gasteiger partial charge in [-0.2, -0.15) is 0 Å². The third-order valence-corrected chi connectivity index (χ3v) is 6.83. The lowest BCUT2D eigenvalue weighted by Gasteiger charge is -2.26. The van der Waals surface area contributed by atoms with Gasteiger partial charge in [-0.25, -0.2) is 12.8 Å². The molecule has 3 aromatic rings. The number of ether oxygens (including phenoxy) is 1. The molecule has 1 unspecified atom stereocenters. The van der Waals surface area contributed by atoms with Crippen molar-refractivity contribution in [2.75, 3.05) is 17.9 Å². The van der Waals surface area contributed by atoms with E-state index < -0.39 is 10.0 Å². The Bertz CT molecular complexity index is 1190. The fourth-order valence-corrected chi connectivity index (χ4v) is 4.87. The average molecular weight is 469 g/mol. The molecule has 1 atom stereocenters. The Morgan fingerprint density at radius 2 is 1.79 bits per heavy atom. The summed E-state index contributed by atoms with van der Waals surface area (Å²) in [5.41, 5.74) is 1.45. The van der Waals surface area contributed by atoms with Gasteiger partial charge in [-0.3, -0.25) is 9.52 Å². The fourth-order valence-electron chi connectivity index (χ4n) is 3.79. The number of anilines is 1. The summed E-state index contributed by atoms with van der Waals surface area (Å²) < 4.78 is 46.9. The van der Waals surface area contributed by atoms with E-state index in [2.05, 4.69) is 4.72 Å². The largest absolute Gasteiger partial charge is 0.376 e. The topological polar surface area (TPSA) is 75.7 Å². The number of amides is 1. The Kier molecular flexibility index (Phi) is 7.05. The van der Waals surface area contributed by atoms with Crippen LogP contribution in [-0.4, -0.2) is 38.5 Å². The summed E-state index contributed by atoms with van der Waals surface area (Å²) in [4.78, 5) is 15.1. The summed E-state index contributed by atoms with van der Waals surface area (Å²) in [7, 11) is -3.72. The number of nitrogens with one attached hydrogen (secondary N) is 1. The number of carbonyl (C=O) groups excluding carboxylic acids is 1. The van der Waals surface area contributed by atoms with Crippen molar-refractivity contribution in [3.8, 4) is 0 Å². The van der Waals surface area contributed by atoms with Crippen molar-refractivity contribution in [3.63, 3.8) is 0 Å². The highest BCUT2D eigenvalue weighted by Gasteiger charge is 2.24. The highest BCUT2D eigenvalue weighted by Crippen LogP contribution is 2.20. The third-order valence-electron chi connectivity index (χ3n) is 5.44. The van der Waals surface area contributed by atoms with Crippen LogP contribution in [0.15, 0.2) is 83.8 Å². The first-order chi connectivity index (χ1) is 15.9. The zero-order valence-corrected chi connectivity index (χ0v) is 18.8. The summed E-state index contributed by atoms with van der Waals surface area (Å²) >= 11 is 0. The number of hydrogen-bond acceptors (Lipinski definition) is 4. The Balaban J connectivity index is 1.50. The molecule has 0 spiro atoms. The number of halogens is 1. The highest BCUT2D eigenvalue weighted by molar-refractivity contribution is 7.92. The Hall–Kier alpha value is -3.23. The maximum absolute atomic E-state index is 13.7. The number of nitrogens with zero attached hydrogens (tertiary/aromatic N) is 1. The molecule has 0 radical (unpaired) electrons. The van der Waals surface area contributed by atoms with Gasteiger partial charge in [0, 0.05) is 30.9 Å². The lowest BCUT2D eigenvalue weighted by molar-refractivity contribution is 0.0507. The second kappa shape index (κ2) is 10.1. The van der Waals surface area contributed by atoms with Crippen molar-refractivity contribution >= 4 is 21.6 Å². The Labute approximate surface area is 193 Å². The van der Waals surface area contributed by atoms with E-state index in [0.29, 0.717) is 30.0 Å². The zero-order valence-electron chi connectivity index (χ0n) is 18.0. The third kappa shape index (κ3) is 5.97. The molecule has 3 aromatic carbocycles. The maximum atomic E-state index is 13.7. The van der Waals surface area contributed by atoms with Crippen molar-refractivity contribution in [3.05, 3.63) is 95.8 Å². The van der Waals surface area contributed by atoms with Gasteiger partial charge in [-0.05, 0) is 66.9 Å². The summed E-state index contributed by atoms with van der Waals surface area (Å²) in [6.07, 6.45) is 1.76. The molecule has 1 aliphatic rings. The van der Waals surface area contributed by atoms with Crippen LogP contribution in [0, 0.1) is 5.82 Å². The number of hydrogen-bond donors (Lipinski definition) is 1. The first kappa shape index (κ1) is 22.9. The van der Waals surface area contributed by atoms with Crippen LogP contribution in [0.25, 0.3) is 0 Å². The molecule has 0 bridgehead atoms. The van der Waals surface area contributed by atoms with E-state index in [1.165, 1.54) is 24.3 Å². The van der Waals surface area contributed by atoms with Gasteiger partial charge < -0.3 is 9.64 Å². The normalized spacial score (nSPS) is 15.8. The SMILES string of the molecule is O=C(c1ccc(NS(=O)(=O)c2ccccc2)cc1)N(Cc1cccc(F)c1)CC1CCCO1. The van der Waals surface area contributed by atoms with Crippen LogP contribution in [-0.2, 0) is 21.3 Å². The molecule has 1 aliphatic heterocycles. The van der Waals surface area contributed by atoms with E-state index in [4.69, 9.17) is 4.74 Å². The van der Waals surface area contributed by atoms with Gasteiger partial charge in [0.05, 0.1) is 11.0 Å². The molecule has 0 aliphatic carbocycles. The lowest BCUT2D eigenvalue weighted by atomic mass is 10.1. The molecule has 4 rings (SSSR count). The summed E-state index contributed by atoms with van der Waals surface area (Å²) in [5.74, 6) is -0.584. The van der Waals surface area contributed by atoms with Crippen LogP contribution in [0.3, 0.4) is 0 Å².